The lowest BCUT2D eigenvalue weighted by molar-refractivity contribution is 0.0342. The normalized spacial score (nSPS) is 18.5. The van der Waals surface area contributed by atoms with Crippen LogP contribution in [-0.4, -0.2) is 64.2 Å². The molecule has 168 valence electrons. The molecule has 1 aliphatic heterocycles. The number of hydrogen-bond acceptors (Lipinski definition) is 6. The minimum Gasteiger partial charge on any atom is -0.379 e. The van der Waals surface area contributed by atoms with Crippen molar-refractivity contribution in [2.75, 3.05) is 32.8 Å². The van der Waals surface area contributed by atoms with Gasteiger partial charge in [-0.15, -0.1) is 0 Å². The van der Waals surface area contributed by atoms with Gasteiger partial charge in [-0.05, 0) is 31.7 Å². The number of fused-ring (bicyclic) bond motifs is 1. The Kier molecular flexibility index (Phi) is 6.24. The van der Waals surface area contributed by atoms with Gasteiger partial charge in [-0.1, -0.05) is 13.8 Å². The number of nitrogens with one attached hydrogen (secondary N) is 2. The number of aromatic nitrogens is 3. The van der Waals surface area contributed by atoms with E-state index in [2.05, 4.69) is 20.2 Å². The second-order valence-corrected chi connectivity index (χ2v) is 9.12. The molecule has 1 saturated heterocycles. The van der Waals surface area contributed by atoms with E-state index in [1.54, 1.807) is 6.07 Å². The number of pyridine rings is 1. The smallest absolute Gasteiger partial charge is 0.330 e. The van der Waals surface area contributed by atoms with Crippen molar-refractivity contribution < 1.29 is 9.53 Å². The number of hydrogen-bond donors (Lipinski definition) is 2. The third-order valence-electron chi connectivity index (χ3n) is 5.77. The molecule has 2 fully saturated rings. The Morgan fingerprint density at radius 1 is 1.23 bits per heavy atom. The van der Waals surface area contributed by atoms with Crippen LogP contribution >= 0.6 is 0 Å². The first-order chi connectivity index (χ1) is 14.8. The Balaban J connectivity index is 1.71. The van der Waals surface area contributed by atoms with Crippen LogP contribution in [0.3, 0.4) is 0 Å². The average Bonchev–Trinajstić information content (AvgIpc) is 3.56. The van der Waals surface area contributed by atoms with Crippen LogP contribution in [0.15, 0.2) is 15.7 Å². The number of amides is 1. The van der Waals surface area contributed by atoms with E-state index >= 15 is 0 Å². The van der Waals surface area contributed by atoms with Crippen LogP contribution in [0.2, 0.25) is 0 Å². The van der Waals surface area contributed by atoms with E-state index in [4.69, 9.17) is 4.74 Å². The standard InChI is InChI=1S/C22H31N5O4/c1-13(2)11-27-19-18(21(29)25-22(27)30)16(10-17(24-19)15-4-5-15)20(28)23-14(3)12-26-6-8-31-9-7-26/h10,13-15H,4-9,11-12H2,1-3H3,(H,23,28)(H,25,29,30). The fraction of sp³-hybridized carbons (Fsp3) is 0.636. The van der Waals surface area contributed by atoms with Gasteiger partial charge >= 0.3 is 5.69 Å². The van der Waals surface area contributed by atoms with Crippen molar-refractivity contribution in [2.24, 2.45) is 5.92 Å². The lowest BCUT2D eigenvalue weighted by atomic mass is 10.1. The maximum Gasteiger partial charge on any atom is 0.330 e. The number of rotatable bonds is 7. The molecule has 2 aromatic heterocycles. The number of carbonyl (C=O) groups excluding carboxylic acids is 1. The number of morpholine rings is 1. The summed E-state index contributed by atoms with van der Waals surface area (Å²) in [4.78, 5) is 47.8. The van der Waals surface area contributed by atoms with Crippen LogP contribution in [0.1, 0.15) is 55.6 Å². The van der Waals surface area contributed by atoms with Crippen molar-refractivity contribution in [2.45, 2.75) is 52.1 Å². The van der Waals surface area contributed by atoms with Crippen molar-refractivity contribution in [3.05, 3.63) is 38.2 Å². The highest BCUT2D eigenvalue weighted by molar-refractivity contribution is 6.05. The van der Waals surface area contributed by atoms with Crippen molar-refractivity contribution >= 4 is 16.9 Å². The Bertz CT molecular complexity index is 1080. The summed E-state index contributed by atoms with van der Waals surface area (Å²) < 4.78 is 6.87. The lowest BCUT2D eigenvalue weighted by Crippen LogP contribution is -2.46. The highest BCUT2D eigenvalue weighted by atomic mass is 16.5. The zero-order valence-corrected chi connectivity index (χ0v) is 18.4. The molecule has 1 aliphatic carbocycles. The van der Waals surface area contributed by atoms with Gasteiger partial charge in [0.25, 0.3) is 11.5 Å². The average molecular weight is 430 g/mol. The van der Waals surface area contributed by atoms with E-state index in [9.17, 15) is 14.4 Å². The summed E-state index contributed by atoms with van der Waals surface area (Å²) in [7, 11) is 0. The molecule has 1 unspecified atom stereocenters. The van der Waals surface area contributed by atoms with E-state index in [0.29, 0.717) is 37.5 Å². The van der Waals surface area contributed by atoms with Gasteiger partial charge in [0.1, 0.15) is 0 Å². The zero-order valence-electron chi connectivity index (χ0n) is 18.4. The summed E-state index contributed by atoms with van der Waals surface area (Å²) in [5, 5.41) is 3.22. The van der Waals surface area contributed by atoms with Crippen molar-refractivity contribution in [1.29, 1.82) is 0 Å². The molecule has 0 aromatic carbocycles. The quantitative estimate of drug-likeness (QED) is 0.681. The second-order valence-electron chi connectivity index (χ2n) is 9.12. The van der Waals surface area contributed by atoms with E-state index < -0.39 is 11.2 Å². The minimum atomic E-state index is -0.569. The SMILES string of the molecule is CC(C)Cn1c(=O)[nH]c(=O)c2c(C(=O)NC(C)CN3CCOCC3)cc(C3CC3)nc21. The Morgan fingerprint density at radius 2 is 1.94 bits per heavy atom. The molecular weight excluding hydrogens is 398 g/mol. The molecule has 4 rings (SSSR count). The van der Waals surface area contributed by atoms with E-state index in [1.165, 1.54) is 4.57 Å². The van der Waals surface area contributed by atoms with Crippen molar-refractivity contribution in [3.63, 3.8) is 0 Å². The molecule has 0 radical (unpaired) electrons. The molecular formula is C22H31N5O4. The monoisotopic (exact) mass is 429 g/mol. The van der Waals surface area contributed by atoms with Gasteiger partial charge in [-0.3, -0.25) is 24.0 Å². The predicted molar refractivity (Wildman–Crippen MR) is 118 cm³/mol. The molecule has 9 nitrogen and oxygen atoms in total. The Labute approximate surface area is 180 Å². The highest BCUT2D eigenvalue weighted by Gasteiger charge is 2.29. The number of nitrogens with zero attached hydrogens (tertiary/aromatic N) is 3. The largest absolute Gasteiger partial charge is 0.379 e. The third-order valence-corrected chi connectivity index (χ3v) is 5.77. The number of ether oxygens (including phenoxy) is 1. The van der Waals surface area contributed by atoms with E-state index in [-0.39, 0.29) is 29.2 Å². The predicted octanol–water partition coefficient (Wildman–Crippen LogP) is 1.07. The van der Waals surface area contributed by atoms with Gasteiger partial charge in [0, 0.05) is 43.8 Å². The van der Waals surface area contributed by atoms with Crippen molar-refractivity contribution in [3.8, 4) is 0 Å². The van der Waals surface area contributed by atoms with Crippen LogP contribution in [-0.2, 0) is 11.3 Å². The van der Waals surface area contributed by atoms with Gasteiger partial charge in [-0.25, -0.2) is 9.78 Å². The second kappa shape index (κ2) is 8.92. The molecule has 1 amide bonds. The maximum atomic E-state index is 13.3. The van der Waals surface area contributed by atoms with Crippen molar-refractivity contribution in [1.82, 2.24) is 24.8 Å². The summed E-state index contributed by atoms with van der Waals surface area (Å²) in [6.07, 6.45) is 2.01. The molecule has 2 aromatic rings. The summed E-state index contributed by atoms with van der Waals surface area (Å²) in [5.74, 6) is 0.155. The summed E-state index contributed by atoms with van der Waals surface area (Å²) in [5.41, 5.74) is 0.317. The number of carbonyl (C=O) groups is 1. The van der Waals surface area contributed by atoms with Crippen LogP contribution in [0.4, 0.5) is 0 Å². The summed E-state index contributed by atoms with van der Waals surface area (Å²) >= 11 is 0. The van der Waals surface area contributed by atoms with Gasteiger partial charge < -0.3 is 10.1 Å². The first kappa shape index (κ1) is 21.7. The van der Waals surface area contributed by atoms with E-state index in [1.807, 2.05) is 20.8 Å². The molecule has 1 saturated carbocycles. The molecule has 31 heavy (non-hydrogen) atoms. The van der Waals surface area contributed by atoms with Gasteiger partial charge in [0.15, 0.2) is 5.65 Å². The number of H-pyrrole nitrogens is 1. The van der Waals surface area contributed by atoms with E-state index in [0.717, 1.165) is 31.6 Å². The van der Waals surface area contributed by atoms with Crippen LogP contribution in [0.5, 0.6) is 0 Å². The number of aromatic amines is 1. The third kappa shape index (κ3) is 4.88. The topological polar surface area (TPSA) is 109 Å². The first-order valence-electron chi connectivity index (χ1n) is 11.1. The molecule has 2 N–H and O–H groups in total. The summed E-state index contributed by atoms with van der Waals surface area (Å²) in [6, 6.07) is 1.63. The van der Waals surface area contributed by atoms with Gasteiger partial charge in [0.2, 0.25) is 0 Å². The first-order valence-corrected chi connectivity index (χ1v) is 11.1. The molecule has 0 bridgehead atoms. The molecule has 9 heteroatoms. The lowest BCUT2D eigenvalue weighted by Gasteiger charge is -2.29. The van der Waals surface area contributed by atoms with Crippen LogP contribution < -0.4 is 16.6 Å². The summed E-state index contributed by atoms with van der Waals surface area (Å²) in [6.45, 7) is 10.1. The van der Waals surface area contributed by atoms with Crippen LogP contribution in [0.25, 0.3) is 11.0 Å². The fourth-order valence-corrected chi connectivity index (χ4v) is 4.11. The Morgan fingerprint density at radius 3 is 2.58 bits per heavy atom. The Hall–Kier alpha value is -2.52. The molecule has 1 atom stereocenters. The maximum absolute atomic E-state index is 13.3. The van der Waals surface area contributed by atoms with Gasteiger partial charge in [0.05, 0.1) is 24.2 Å². The minimum absolute atomic E-state index is 0.0983. The fourth-order valence-electron chi connectivity index (χ4n) is 4.11. The molecule has 0 spiro atoms. The zero-order chi connectivity index (χ0) is 22.1. The molecule has 3 heterocycles. The highest BCUT2D eigenvalue weighted by Crippen LogP contribution is 2.39. The van der Waals surface area contributed by atoms with Crippen LogP contribution in [0, 0.1) is 5.92 Å². The molecule has 2 aliphatic rings. The van der Waals surface area contributed by atoms with Gasteiger partial charge in [-0.2, -0.15) is 0 Å².